The van der Waals surface area contributed by atoms with Gasteiger partial charge in [-0.25, -0.2) is 4.39 Å². The molecule has 3 rings (SSSR count). The van der Waals surface area contributed by atoms with Crippen LogP contribution in [-0.4, -0.2) is 21.9 Å². The van der Waals surface area contributed by atoms with E-state index < -0.39 is 0 Å². The second-order valence-electron chi connectivity index (χ2n) is 5.24. The average Bonchev–Trinajstić information content (AvgIpc) is 3.11. The van der Waals surface area contributed by atoms with E-state index in [-0.39, 0.29) is 30.7 Å². The van der Waals surface area contributed by atoms with Gasteiger partial charge in [-0.2, -0.15) is 4.98 Å². The minimum atomic E-state index is -0.359. The van der Waals surface area contributed by atoms with Gasteiger partial charge in [0.15, 0.2) is 6.61 Å². The van der Waals surface area contributed by atoms with Crippen LogP contribution in [0.2, 0.25) is 0 Å². The summed E-state index contributed by atoms with van der Waals surface area (Å²) in [6.45, 7) is -0.0684. The van der Waals surface area contributed by atoms with E-state index >= 15 is 0 Å². The molecule has 5 nitrogen and oxygen atoms in total. The summed E-state index contributed by atoms with van der Waals surface area (Å²) >= 11 is 4.84. The van der Waals surface area contributed by atoms with Gasteiger partial charge in [0.25, 0.3) is 5.89 Å². The van der Waals surface area contributed by atoms with Crippen molar-refractivity contribution in [3.8, 4) is 11.4 Å². The summed E-state index contributed by atoms with van der Waals surface area (Å²) in [6, 6.07) is 13.6. The van der Waals surface area contributed by atoms with Gasteiger partial charge in [0.1, 0.15) is 5.82 Å². The average molecular weight is 437 g/mol. The lowest BCUT2D eigenvalue weighted by atomic mass is 10.2. The predicted octanol–water partition coefficient (Wildman–Crippen LogP) is 4.86. The number of carbonyl (C=O) groups is 1. The van der Waals surface area contributed by atoms with Crippen molar-refractivity contribution < 1.29 is 18.4 Å². The van der Waals surface area contributed by atoms with Crippen molar-refractivity contribution in [1.29, 1.82) is 0 Å². The first kappa shape index (κ1) is 18.6. The minimum absolute atomic E-state index is 0.0684. The fourth-order valence-corrected chi connectivity index (χ4v) is 3.29. The highest BCUT2D eigenvalue weighted by atomic mass is 79.9. The fourth-order valence-electron chi connectivity index (χ4n) is 2.06. The Morgan fingerprint density at radius 1 is 1.23 bits per heavy atom. The van der Waals surface area contributed by atoms with E-state index in [0.717, 1.165) is 14.9 Å². The third-order valence-electron chi connectivity index (χ3n) is 3.30. The molecule has 134 valence electrons. The van der Waals surface area contributed by atoms with E-state index in [1.54, 1.807) is 12.1 Å². The van der Waals surface area contributed by atoms with Crippen LogP contribution in [0, 0.1) is 5.82 Å². The first-order valence-electron chi connectivity index (χ1n) is 7.73. The molecule has 0 spiro atoms. The molecule has 0 aliphatic carbocycles. The maximum Gasteiger partial charge on any atom is 0.307 e. The summed E-state index contributed by atoms with van der Waals surface area (Å²) in [5.41, 5.74) is 0.802. The number of aromatic nitrogens is 2. The lowest BCUT2D eigenvalue weighted by Gasteiger charge is -2.02. The Bertz CT molecular complexity index is 886. The third kappa shape index (κ3) is 5.40. The standard InChI is InChI=1S/C18H14BrFN2O3S/c19-13-3-1-2-12(10-13)18-21-16(25-22-18)11-24-17(23)8-9-26-15-6-4-14(20)5-7-15/h1-7,10H,8-9,11H2. The molecule has 0 amide bonds. The summed E-state index contributed by atoms with van der Waals surface area (Å²) in [5, 5.41) is 3.88. The highest BCUT2D eigenvalue weighted by Gasteiger charge is 2.11. The van der Waals surface area contributed by atoms with Gasteiger partial charge in [-0.15, -0.1) is 11.8 Å². The van der Waals surface area contributed by atoms with Crippen molar-refractivity contribution >= 4 is 33.7 Å². The number of nitrogens with zero attached hydrogens (tertiary/aromatic N) is 2. The van der Waals surface area contributed by atoms with E-state index in [1.807, 2.05) is 24.3 Å². The van der Waals surface area contributed by atoms with Gasteiger partial charge in [-0.05, 0) is 36.4 Å². The predicted molar refractivity (Wildman–Crippen MR) is 99.0 cm³/mol. The Labute approximate surface area is 162 Å². The molecule has 3 aromatic rings. The van der Waals surface area contributed by atoms with Gasteiger partial charge in [0.05, 0.1) is 6.42 Å². The SMILES string of the molecule is O=C(CCSc1ccc(F)cc1)OCc1nc(-c2cccc(Br)c2)no1. The van der Waals surface area contributed by atoms with Crippen LogP contribution >= 0.6 is 27.7 Å². The molecule has 2 aromatic carbocycles. The van der Waals surface area contributed by atoms with Gasteiger partial charge >= 0.3 is 5.97 Å². The highest BCUT2D eigenvalue weighted by molar-refractivity contribution is 9.10. The highest BCUT2D eigenvalue weighted by Crippen LogP contribution is 2.21. The van der Waals surface area contributed by atoms with E-state index in [1.165, 1.54) is 23.9 Å². The van der Waals surface area contributed by atoms with Gasteiger partial charge in [0.2, 0.25) is 5.82 Å². The van der Waals surface area contributed by atoms with Crippen LogP contribution in [-0.2, 0) is 16.1 Å². The molecule has 8 heteroatoms. The lowest BCUT2D eigenvalue weighted by Crippen LogP contribution is -2.05. The molecule has 0 atom stereocenters. The largest absolute Gasteiger partial charge is 0.456 e. The number of rotatable bonds is 7. The van der Waals surface area contributed by atoms with Crippen LogP contribution in [0.4, 0.5) is 4.39 Å². The fraction of sp³-hybridized carbons (Fsp3) is 0.167. The minimum Gasteiger partial charge on any atom is -0.456 e. The van der Waals surface area contributed by atoms with Gasteiger partial charge in [0, 0.05) is 20.7 Å². The molecular formula is C18H14BrFN2O3S. The monoisotopic (exact) mass is 436 g/mol. The number of benzene rings is 2. The topological polar surface area (TPSA) is 65.2 Å². The molecule has 26 heavy (non-hydrogen) atoms. The van der Waals surface area contributed by atoms with E-state index in [2.05, 4.69) is 26.1 Å². The third-order valence-corrected chi connectivity index (χ3v) is 4.80. The number of halogens is 2. The molecule has 0 fully saturated rings. The summed E-state index contributed by atoms with van der Waals surface area (Å²) in [6.07, 6.45) is 0.231. The molecule has 0 aliphatic rings. The lowest BCUT2D eigenvalue weighted by molar-refractivity contribution is -0.145. The molecule has 0 aliphatic heterocycles. The maximum absolute atomic E-state index is 12.8. The van der Waals surface area contributed by atoms with Crippen LogP contribution in [0.3, 0.4) is 0 Å². The molecule has 1 heterocycles. The smallest absolute Gasteiger partial charge is 0.307 e. The molecule has 1 aromatic heterocycles. The molecule has 0 saturated heterocycles. The first-order valence-corrected chi connectivity index (χ1v) is 9.50. The van der Waals surface area contributed by atoms with Gasteiger partial charge in [-0.1, -0.05) is 33.2 Å². The zero-order valence-corrected chi connectivity index (χ0v) is 15.9. The van der Waals surface area contributed by atoms with Crippen LogP contribution in [0.15, 0.2) is 62.4 Å². The second-order valence-corrected chi connectivity index (χ2v) is 7.32. The number of hydrogen-bond donors (Lipinski definition) is 0. The van der Waals surface area contributed by atoms with Crippen molar-refractivity contribution in [1.82, 2.24) is 10.1 Å². The molecule has 0 radical (unpaired) electrons. The molecule has 0 saturated carbocycles. The second kappa shape index (κ2) is 8.95. The van der Waals surface area contributed by atoms with E-state index in [9.17, 15) is 9.18 Å². The van der Waals surface area contributed by atoms with Crippen molar-refractivity contribution in [2.24, 2.45) is 0 Å². The zero-order chi connectivity index (χ0) is 18.4. The summed E-state index contributed by atoms with van der Waals surface area (Å²) < 4.78 is 24.0. The van der Waals surface area contributed by atoms with Gasteiger partial charge < -0.3 is 9.26 Å². The van der Waals surface area contributed by atoms with E-state index in [4.69, 9.17) is 9.26 Å². The Balaban J connectivity index is 1.44. The van der Waals surface area contributed by atoms with Crippen LogP contribution < -0.4 is 0 Å². The van der Waals surface area contributed by atoms with Crippen molar-refractivity contribution in [3.05, 3.63) is 64.7 Å². The summed E-state index contributed by atoms with van der Waals surface area (Å²) in [7, 11) is 0. The maximum atomic E-state index is 12.8. The quantitative estimate of drug-likeness (QED) is 0.389. The summed E-state index contributed by atoms with van der Waals surface area (Å²) in [4.78, 5) is 16.9. The Hall–Kier alpha value is -2.19. The Kier molecular flexibility index (Phi) is 6.40. The number of carbonyl (C=O) groups excluding carboxylic acids is 1. The van der Waals surface area contributed by atoms with Crippen LogP contribution in [0.1, 0.15) is 12.3 Å². The first-order chi connectivity index (χ1) is 12.6. The molecule has 0 unspecified atom stereocenters. The molecule has 0 N–H and O–H groups in total. The van der Waals surface area contributed by atoms with Gasteiger partial charge in [-0.3, -0.25) is 4.79 Å². The van der Waals surface area contributed by atoms with Crippen molar-refractivity contribution in [2.75, 3.05) is 5.75 Å². The van der Waals surface area contributed by atoms with Crippen LogP contribution in [0.5, 0.6) is 0 Å². The number of ether oxygens (including phenoxy) is 1. The molecule has 0 bridgehead atoms. The number of hydrogen-bond acceptors (Lipinski definition) is 6. The van der Waals surface area contributed by atoms with Crippen molar-refractivity contribution in [3.63, 3.8) is 0 Å². The van der Waals surface area contributed by atoms with E-state index in [0.29, 0.717) is 11.6 Å². The Morgan fingerprint density at radius 3 is 2.81 bits per heavy atom. The number of thioether (sulfide) groups is 1. The number of esters is 1. The van der Waals surface area contributed by atoms with Crippen molar-refractivity contribution in [2.45, 2.75) is 17.9 Å². The molecular weight excluding hydrogens is 423 g/mol. The zero-order valence-electron chi connectivity index (χ0n) is 13.5. The summed E-state index contributed by atoms with van der Waals surface area (Å²) in [5.74, 6) is 0.568. The Morgan fingerprint density at radius 2 is 2.04 bits per heavy atom. The van der Waals surface area contributed by atoms with Crippen LogP contribution in [0.25, 0.3) is 11.4 Å². The normalized spacial score (nSPS) is 10.7.